The molecule has 0 spiro atoms. The number of nitrogens with one attached hydrogen (secondary N) is 1. The number of carboxylic acid groups (broad SMARTS) is 1. The maximum atomic E-state index is 10.9. The van der Waals surface area contributed by atoms with E-state index in [1.165, 1.54) is 12.1 Å². The summed E-state index contributed by atoms with van der Waals surface area (Å²) in [5, 5.41) is 21.6. The highest BCUT2D eigenvalue weighted by Gasteiger charge is 2.09. The molecule has 0 saturated carbocycles. The summed E-state index contributed by atoms with van der Waals surface area (Å²) in [7, 11) is 1.61. The highest BCUT2D eigenvalue weighted by Crippen LogP contribution is 2.32. The molecule has 0 aromatic heterocycles. The molecule has 0 amide bonds. The predicted molar refractivity (Wildman–Crippen MR) is 99.8 cm³/mol. The smallest absolute Gasteiger partial charge is 0.335 e. The average Bonchev–Trinajstić information content (AvgIpc) is 2.68. The van der Waals surface area contributed by atoms with Crippen molar-refractivity contribution in [2.75, 3.05) is 12.4 Å². The second kappa shape index (κ2) is 7.41. The maximum Gasteiger partial charge on any atom is 0.335 e. The summed E-state index contributed by atoms with van der Waals surface area (Å²) in [6.07, 6.45) is 0. The minimum atomic E-state index is -0.976. The number of carbonyl (C=O) groups is 1. The van der Waals surface area contributed by atoms with Crippen molar-refractivity contribution in [3.05, 3.63) is 77.9 Å². The molecule has 3 aromatic carbocycles. The first kappa shape index (κ1) is 17.1. The number of carboxylic acids is 1. The number of methoxy groups -OCH3 is 1. The Balaban J connectivity index is 1.92. The summed E-state index contributed by atoms with van der Waals surface area (Å²) in [4.78, 5) is 10.9. The van der Waals surface area contributed by atoms with Crippen LogP contribution >= 0.6 is 0 Å². The Morgan fingerprint density at radius 3 is 2.46 bits per heavy atom. The average molecular weight is 344 g/mol. The number of aromatic carboxylic acids is 1. The second-order valence-corrected chi connectivity index (χ2v) is 5.58. The van der Waals surface area contributed by atoms with Crippen LogP contribution in [0.4, 0.5) is 11.4 Å². The van der Waals surface area contributed by atoms with Gasteiger partial charge in [-0.15, -0.1) is 0 Å². The van der Waals surface area contributed by atoms with Crippen LogP contribution in [0.1, 0.15) is 15.9 Å². The number of hydrogen-bond donors (Lipinski definition) is 2. The molecule has 0 fully saturated rings. The molecule has 0 saturated heterocycles. The van der Waals surface area contributed by atoms with Crippen LogP contribution in [0.25, 0.3) is 11.1 Å². The number of benzene rings is 3. The van der Waals surface area contributed by atoms with E-state index in [-0.39, 0.29) is 5.56 Å². The molecule has 0 aliphatic heterocycles. The van der Waals surface area contributed by atoms with Crippen LogP contribution < -0.4 is 10.1 Å². The molecular weight excluding hydrogens is 328 g/mol. The van der Waals surface area contributed by atoms with Gasteiger partial charge >= 0.3 is 5.97 Å². The Hall–Kier alpha value is -3.78. The molecule has 0 bridgehead atoms. The Labute approximate surface area is 151 Å². The summed E-state index contributed by atoms with van der Waals surface area (Å²) in [6, 6.07) is 21.7. The summed E-state index contributed by atoms with van der Waals surface area (Å²) in [5.41, 5.74) is 3.83. The van der Waals surface area contributed by atoms with Gasteiger partial charge in [-0.3, -0.25) is 0 Å². The quantitative estimate of drug-likeness (QED) is 0.702. The third-order valence-corrected chi connectivity index (χ3v) is 3.97. The van der Waals surface area contributed by atoms with Crippen LogP contribution in [0.5, 0.6) is 5.75 Å². The minimum absolute atomic E-state index is 0.211. The standard InChI is InChI=1S/C21H16N2O3/c1-26-20-5-3-2-4-18(20)15-8-11-19(16(12-15)13-22)23-17-9-6-14(7-10-17)21(24)25/h2-12,23H,1H3,(H,24,25). The van der Waals surface area contributed by atoms with Crippen molar-refractivity contribution in [2.24, 2.45) is 0 Å². The topological polar surface area (TPSA) is 82.3 Å². The molecule has 3 aromatic rings. The van der Waals surface area contributed by atoms with Crippen molar-refractivity contribution in [3.63, 3.8) is 0 Å². The lowest BCUT2D eigenvalue weighted by Gasteiger charge is -2.12. The summed E-state index contributed by atoms with van der Waals surface area (Å²) < 4.78 is 5.38. The van der Waals surface area contributed by atoms with Gasteiger partial charge in [0.05, 0.1) is 23.9 Å². The lowest BCUT2D eigenvalue weighted by molar-refractivity contribution is 0.0697. The zero-order valence-corrected chi connectivity index (χ0v) is 14.1. The highest BCUT2D eigenvalue weighted by molar-refractivity contribution is 5.88. The molecule has 0 aliphatic carbocycles. The third kappa shape index (κ3) is 3.50. The number of nitriles is 1. The fourth-order valence-electron chi connectivity index (χ4n) is 2.65. The van der Waals surface area contributed by atoms with Gasteiger partial charge in [-0.2, -0.15) is 5.26 Å². The van der Waals surface area contributed by atoms with Crippen molar-refractivity contribution < 1.29 is 14.6 Å². The summed E-state index contributed by atoms with van der Waals surface area (Å²) in [5.74, 6) is -0.239. The van der Waals surface area contributed by atoms with Gasteiger partial charge in [-0.25, -0.2) is 4.79 Å². The van der Waals surface area contributed by atoms with Crippen LogP contribution in [0.3, 0.4) is 0 Å². The molecule has 0 aliphatic rings. The molecule has 0 radical (unpaired) electrons. The zero-order valence-electron chi connectivity index (χ0n) is 14.1. The van der Waals surface area contributed by atoms with E-state index in [0.29, 0.717) is 16.9 Å². The Kier molecular flexibility index (Phi) is 4.86. The molecule has 0 unspecified atom stereocenters. The van der Waals surface area contributed by atoms with Crippen molar-refractivity contribution in [2.45, 2.75) is 0 Å². The number of nitrogens with zero attached hydrogens (tertiary/aromatic N) is 1. The lowest BCUT2D eigenvalue weighted by Crippen LogP contribution is -1.98. The van der Waals surface area contributed by atoms with Gasteiger partial charge in [0.15, 0.2) is 0 Å². The van der Waals surface area contributed by atoms with Crippen LogP contribution in [0, 0.1) is 11.3 Å². The van der Waals surface area contributed by atoms with E-state index in [1.807, 2.05) is 36.4 Å². The van der Waals surface area contributed by atoms with E-state index in [9.17, 15) is 10.1 Å². The zero-order chi connectivity index (χ0) is 18.5. The second-order valence-electron chi connectivity index (χ2n) is 5.58. The molecule has 2 N–H and O–H groups in total. The SMILES string of the molecule is COc1ccccc1-c1ccc(Nc2ccc(C(=O)O)cc2)c(C#N)c1. The number of hydrogen-bond acceptors (Lipinski definition) is 4. The summed E-state index contributed by atoms with van der Waals surface area (Å²) >= 11 is 0. The van der Waals surface area contributed by atoms with E-state index in [0.717, 1.165) is 16.9 Å². The van der Waals surface area contributed by atoms with E-state index in [4.69, 9.17) is 9.84 Å². The largest absolute Gasteiger partial charge is 0.496 e. The Morgan fingerprint density at radius 2 is 1.81 bits per heavy atom. The first-order chi connectivity index (χ1) is 12.6. The fraction of sp³-hybridized carbons (Fsp3) is 0.0476. The van der Waals surface area contributed by atoms with Crippen molar-refractivity contribution in [1.29, 1.82) is 5.26 Å². The number of para-hydroxylation sites is 1. The monoisotopic (exact) mass is 344 g/mol. The fourth-order valence-corrected chi connectivity index (χ4v) is 2.65. The normalized spacial score (nSPS) is 10.0. The lowest BCUT2D eigenvalue weighted by atomic mass is 10.0. The first-order valence-corrected chi connectivity index (χ1v) is 7.90. The molecule has 0 atom stereocenters. The highest BCUT2D eigenvalue weighted by atomic mass is 16.5. The molecule has 5 heteroatoms. The van der Waals surface area contributed by atoms with Crippen LogP contribution in [-0.2, 0) is 0 Å². The number of rotatable bonds is 5. The molecule has 3 rings (SSSR count). The predicted octanol–water partition coefficient (Wildman–Crippen LogP) is 4.68. The van der Waals surface area contributed by atoms with E-state index >= 15 is 0 Å². The van der Waals surface area contributed by atoms with Gasteiger partial charge < -0.3 is 15.2 Å². The molecular formula is C21H16N2O3. The van der Waals surface area contributed by atoms with E-state index < -0.39 is 5.97 Å². The molecule has 5 nitrogen and oxygen atoms in total. The minimum Gasteiger partial charge on any atom is -0.496 e. The molecule has 26 heavy (non-hydrogen) atoms. The molecule has 0 heterocycles. The van der Waals surface area contributed by atoms with Crippen LogP contribution in [0.2, 0.25) is 0 Å². The van der Waals surface area contributed by atoms with Crippen LogP contribution in [0.15, 0.2) is 66.7 Å². The number of anilines is 2. The van der Waals surface area contributed by atoms with Crippen molar-refractivity contribution in [1.82, 2.24) is 0 Å². The third-order valence-electron chi connectivity index (χ3n) is 3.97. The summed E-state index contributed by atoms with van der Waals surface area (Å²) in [6.45, 7) is 0. The van der Waals surface area contributed by atoms with Crippen molar-refractivity contribution in [3.8, 4) is 22.9 Å². The Bertz CT molecular complexity index is 989. The maximum absolute atomic E-state index is 10.9. The van der Waals surface area contributed by atoms with E-state index in [2.05, 4.69) is 11.4 Å². The van der Waals surface area contributed by atoms with Gasteiger partial charge in [-0.05, 0) is 48.0 Å². The Morgan fingerprint density at radius 1 is 1.08 bits per heavy atom. The van der Waals surface area contributed by atoms with Gasteiger partial charge in [0.1, 0.15) is 11.8 Å². The number of ether oxygens (including phenoxy) is 1. The molecule has 128 valence electrons. The van der Waals surface area contributed by atoms with E-state index in [1.54, 1.807) is 25.3 Å². The van der Waals surface area contributed by atoms with Crippen LogP contribution in [-0.4, -0.2) is 18.2 Å². The van der Waals surface area contributed by atoms with Gasteiger partial charge in [0.25, 0.3) is 0 Å². The van der Waals surface area contributed by atoms with Gasteiger partial charge in [0.2, 0.25) is 0 Å². The first-order valence-electron chi connectivity index (χ1n) is 7.90. The van der Waals surface area contributed by atoms with Gasteiger partial charge in [0, 0.05) is 11.3 Å². The van der Waals surface area contributed by atoms with Gasteiger partial charge in [-0.1, -0.05) is 24.3 Å². The van der Waals surface area contributed by atoms with Crippen molar-refractivity contribution >= 4 is 17.3 Å².